The zero-order valence-corrected chi connectivity index (χ0v) is 25.9. The first-order valence-corrected chi connectivity index (χ1v) is 16.9. The summed E-state index contributed by atoms with van der Waals surface area (Å²) in [5.74, 6) is 1.47. The molecule has 2 aromatic carbocycles. The Labute approximate surface area is 253 Å². The number of piperidine rings is 4. The summed E-state index contributed by atoms with van der Waals surface area (Å²) in [6, 6.07) is 19.3. The number of hydrogen-bond acceptors (Lipinski definition) is 3. The van der Waals surface area contributed by atoms with Gasteiger partial charge >= 0.3 is 0 Å². The van der Waals surface area contributed by atoms with Gasteiger partial charge in [-0.1, -0.05) is 61.5 Å². The Balaban J connectivity index is 1.23. The Morgan fingerprint density at radius 1 is 0.762 bits per heavy atom. The molecule has 8 atom stereocenters. The number of nitrogens with zero attached hydrogens (tertiary/aromatic N) is 2. The summed E-state index contributed by atoms with van der Waals surface area (Å²) in [4.78, 5) is 27.9. The summed E-state index contributed by atoms with van der Waals surface area (Å²) in [7, 11) is 2.32. The van der Waals surface area contributed by atoms with E-state index in [1.165, 1.54) is 31.2 Å². The van der Waals surface area contributed by atoms with E-state index in [9.17, 15) is 14.7 Å². The molecule has 4 saturated heterocycles. The van der Waals surface area contributed by atoms with Crippen molar-refractivity contribution in [1.29, 1.82) is 0 Å². The minimum Gasteiger partial charge on any atom is -0.396 e. The molecule has 0 aromatic heterocycles. The monoisotopic (exact) mass is 572 g/mol. The van der Waals surface area contributed by atoms with E-state index in [1.54, 1.807) is 0 Å². The summed E-state index contributed by atoms with van der Waals surface area (Å²) < 4.78 is 1.97. The first kappa shape index (κ1) is 29.7. The Hall–Kier alpha value is -2.34. The average molecular weight is 573 g/mol. The summed E-state index contributed by atoms with van der Waals surface area (Å²) >= 11 is 0. The van der Waals surface area contributed by atoms with Gasteiger partial charge in [-0.25, -0.2) is 0 Å². The number of hydrogen-bond donors (Lipinski definition) is 1. The molecule has 4 aliphatic rings. The van der Waals surface area contributed by atoms with Crippen molar-refractivity contribution in [2.24, 2.45) is 23.7 Å². The second kappa shape index (κ2) is 12.3. The van der Waals surface area contributed by atoms with E-state index >= 15 is 0 Å². The fourth-order valence-electron chi connectivity index (χ4n) is 9.90. The van der Waals surface area contributed by atoms with Gasteiger partial charge in [0.2, 0.25) is 0 Å². The van der Waals surface area contributed by atoms with Crippen LogP contribution in [-0.2, 0) is 6.54 Å². The van der Waals surface area contributed by atoms with E-state index in [0.717, 1.165) is 84.9 Å². The van der Waals surface area contributed by atoms with Crippen LogP contribution in [0.15, 0.2) is 54.6 Å². The molecule has 0 bridgehead atoms. The van der Waals surface area contributed by atoms with Crippen molar-refractivity contribution in [1.82, 2.24) is 0 Å². The minimum atomic E-state index is -0.00226. The normalized spacial score (nSPS) is 36.5. The smallest absolute Gasteiger partial charge is 0.171 e. The van der Waals surface area contributed by atoms with Crippen molar-refractivity contribution in [2.75, 3.05) is 39.8 Å². The van der Waals surface area contributed by atoms with Crippen molar-refractivity contribution in [3.8, 4) is 0 Å². The summed E-state index contributed by atoms with van der Waals surface area (Å²) in [5.41, 5.74) is 2.98. The number of aliphatic hydroxyl groups excluding tert-OH is 1. The van der Waals surface area contributed by atoms with Gasteiger partial charge in [-0.05, 0) is 44.9 Å². The lowest BCUT2D eigenvalue weighted by molar-refractivity contribution is -0.978. The lowest BCUT2D eigenvalue weighted by Gasteiger charge is -2.55. The van der Waals surface area contributed by atoms with Crippen LogP contribution in [0.5, 0.6) is 0 Å². The molecule has 0 saturated carbocycles. The van der Waals surface area contributed by atoms with E-state index in [-0.39, 0.29) is 30.1 Å². The third kappa shape index (κ3) is 5.65. The number of quaternary nitrogens is 2. The van der Waals surface area contributed by atoms with Gasteiger partial charge in [0.05, 0.1) is 63.8 Å². The summed E-state index contributed by atoms with van der Waals surface area (Å²) in [5, 5.41) is 10.1. The molecule has 5 heteroatoms. The highest BCUT2D eigenvalue weighted by atomic mass is 16.3. The average Bonchev–Trinajstić information content (AvgIpc) is 3.03. The van der Waals surface area contributed by atoms with Crippen LogP contribution < -0.4 is 0 Å². The Kier molecular flexibility index (Phi) is 8.73. The van der Waals surface area contributed by atoms with Crippen LogP contribution in [0, 0.1) is 23.7 Å². The predicted molar refractivity (Wildman–Crippen MR) is 167 cm³/mol. The van der Waals surface area contributed by atoms with Gasteiger partial charge in [-0.2, -0.15) is 0 Å². The number of fused-ring (bicyclic) bond motifs is 2. The van der Waals surface area contributed by atoms with Gasteiger partial charge in [-0.15, -0.1) is 0 Å². The number of benzene rings is 2. The second-order valence-electron chi connectivity index (χ2n) is 14.6. The van der Waals surface area contributed by atoms with Gasteiger partial charge in [0.15, 0.2) is 11.6 Å². The number of ketones is 2. The molecule has 0 radical (unpaired) electrons. The number of rotatable bonds is 8. The maximum Gasteiger partial charge on any atom is 0.171 e. The molecule has 0 aliphatic carbocycles. The first-order chi connectivity index (χ1) is 20.4. The molecule has 0 spiro atoms. The lowest BCUT2D eigenvalue weighted by Crippen LogP contribution is -2.65. The van der Waals surface area contributed by atoms with Crippen molar-refractivity contribution < 1.29 is 23.7 Å². The SMILES string of the molecule is CCC1CC(C(=O)c2ccccc2)C2CCCC[N+]2(Cc2ccc(C(=O)C3CC(CO)C[N+]4(C)CCCCC34)cc2)C1. The van der Waals surface area contributed by atoms with Gasteiger partial charge in [0.25, 0.3) is 0 Å². The van der Waals surface area contributed by atoms with E-state index in [1.807, 2.05) is 30.3 Å². The molecular weight excluding hydrogens is 520 g/mol. The maximum absolute atomic E-state index is 14.0. The van der Waals surface area contributed by atoms with Crippen LogP contribution in [0.4, 0.5) is 0 Å². The van der Waals surface area contributed by atoms with Gasteiger partial charge in [-0.3, -0.25) is 9.59 Å². The molecule has 226 valence electrons. The van der Waals surface area contributed by atoms with Crippen LogP contribution in [-0.4, -0.2) is 77.6 Å². The van der Waals surface area contributed by atoms with Crippen LogP contribution in [0.2, 0.25) is 0 Å². The zero-order chi connectivity index (χ0) is 29.3. The van der Waals surface area contributed by atoms with Crippen molar-refractivity contribution >= 4 is 11.6 Å². The Bertz CT molecular complexity index is 1250. The molecule has 4 fully saturated rings. The zero-order valence-electron chi connectivity index (χ0n) is 25.9. The fraction of sp³-hybridized carbons (Fsp3) is 0.622. The Morgan fingerprint density at radius 3 is 2.07 bits per heavy atom. The number of aliphatic hydroxyl groups is 1. The van der Waals surface area contributed by atoms with E-state index in [0.29, 0.717) is 23.8 Å². The fourth-order valence-corrected chi connectivity index (χ4v) is 9.90. The first-order valence-electron chi connectivity index (χ1n) is 16.9. The van der Waals surface area contributed by atoms with E-state index in [4.69, 9.17) is 0 Å². The van der Waals surface area contributed by atoms with Crippen LogP contribution in [0.3, 0.4) is 0 Å². The topological polar surface area (TPSA) is 54.4 Å². The maximum atomic E-state index is 14.0. The molecule has 0 amide bonds. The summed E-state index contributed by atoms with van der Waals surface area (Å²) in [6.07, 6.45) is 10.0. The molecule has 5 nitrogen and oxygen atoms in total. The third-order valence-electron chi connectivity index (χ3n) is 12.0. The van der Waals surface area contributed by atoms with E-state index in [2.05, 4.69) is 38.2 Å². The lowest BCUT2D eigenvalue weighted by atomic mass is 9.72. The molecule has 2 aromatic rings. The molecule has 8 unspecified atom stereocenters. The van der Waals surface area contributed by atoms with Crippen LogP contribution in [0.25, 0.3) is 0 Å². The third-order valence-corrected chi connectivity index (χ3v) is 12.0. The Morgan fingerprint density at radius 2 is 1.38 bits per heavy atom. The predicted octanol–water partition coefficient (Wildman–Crippen LogP) is 6.30. The van der Waals surface area contributed by atoms with Crippen LogP contribution in [0.1, 0.15) is 91.0 Å². The highest BCUT2D eigenvalue weighted by molar-refractivity contribution is 5.98. The number of carbonyl (C=O) groups excluding carboxylic acids is 2. The van der Waals surface area contributed by atoms with Gasteiger partial charge in [0, 0.05) is 41.4 Å². The van der Waals surface area contributed by atoms with Crippen LogP contribution >= 0.6 is 0 Å². The molecule has 6 rings (SSSR count). The molecule has 42 heavy (non-hydrogen) atoms. The molecular formula is C37H52N2O3+2. The molecule has 1 N–H and O–H groups in total. The summed E-state index contributed by atoms with van der Waals surface area (Å²) in [6.45, 7) is 7.83. The van der Waals surface area contributed by atoms with Crippen molar-refractivity contribution in [2.45, 2.75) is 83.3 Å². The number of Topliss-reactive ketones (excluding diaryl/α,β-unsaturated/α-hetero) is 2. The number of carbonyl (C=O) groups is 2. The highest BCUT2D eigenvalue weighted by Crippen LogP contribution is 2.44. The highest BCUT2D eigenvalue weighted by Gasteiger charge is 2.52. The van der Waals surface area contributed by atoms with Gasteiger partial charge < -0.3 is 14.1 Å². The minimum absolute atomic E-state index is 0.00226. The van der Waals surface area contributed by atoms with Gasteiger partial charge in [0.1, 0.15) is 6.54 Å². The van der Waals surface area contributed by atoms with Crippen molar-refractivity contribution in [3.05, 3.63) is 71.3 Å². The second-order valence-corrected chi connectivity index (χ2v) is 14.6. The quantitative estimate of drug-likeness (QED) is 0.299. The molecule has 4 heterocycles. The largest absolute Gasteiger partial charge is 0.396 e. The standard InChI is InChI=1S/C37H52N2O3/c1-3-27-21-33(36(41)30-11-5-4-6-12-30)35-14-8-10-20-39(35,24-27)25-28-15-17-31(18-16-28)37(42)32-22-29(26-40)23-38(2)19-9-7-13-34(32)38/h4-6,11-12,15-18,27,29,32-35,40H,3,7-10,13-14,19-26H2,1-2H3/q+2. The van der Waals surface area contributed by atoms with E-state index < -0.39 is 0 Å². The van der Waals surface area contributed by atoms with Crippen molar-refractivity contribution in [3.63, 3.8) is 0 Å². The molecule has 4 aliphatic heterocycles.